The molecule has 0 heterocycles. The molecule has 0 aromatic heterocycles. The first-order valence-electron chi connectivity index (χ1n) is 10.6. The van der Waals surface area contributed by atoms with E-state index in [0.717, 1.165) is 11.1 Å². The predicted octanol–water partition coefficient (Wildman–Crippen LogP) is 4.89. The van der Waals surface area contributed by atoms with Gasteiger partial charge in [0.2, 0.25) is 10.0 Å². The summed E-state index contributed by atoms with van der Waals surface area (Å²) in [6.45, 7) is 4.52. The predicted molar refractivity (Wildman–Crippen MR) is 132 cm³/mol. The minimum absolute atomic E-state index is 0.0801. The van der Waals surface area contributed by atoms with Crippen molar-refractivity contribution in [2.75, 3.05) is 6.54 Å². The SMILES string of the molecule is CC(C)c1ccc(CCN(Cc2cccc(Cl)c2)S(=O)(=O)c2cc(C(=N)N)ccc2O)cc1. The maximum absolute atomic E-state index is 13.6. The van der Waals surface area contributed by atoms with Gasteiger partial charge in [-0.05, 0) is 59.4 Å². The van der Waals surface area contributed by atoms with Crippen molar-refractivity contribution in [1.29, 1.82) is 5.41 Å². The van der Waals surface area contributed by atoms with Crippen LogP contribution in [-0.2, 0) is 23.0 Å². The lowest BCUT2D eigenvalue weighted by molar-refractivity contribution is 0.402. The number of hydrogen-bond donors (Lipinski definition) is 3. The maximum Gasteiger partial charge on any atom is 0.247 e. The summed E-state index contributed by atoms with van der Waals surface area (Å²) in [5.41, 5.74) is 8.71. The van der Waals surface area contributed by atoms with Gasteiger partial charge in [-0.25, -0.2) is 8.42 Å². The van der Waals surface area contributed by atoms with Gasteiger partial charge >= 0.3 is 0 Å². The Balaban J connectivity index is 1.95. The summed E-state index contributed by atoms with van der Waals surface area (Å²) >= 11 is 6.11. The summed E-state index contributed by atoms with van der Waals surface area (Å²) in [6, 6.07) is 19.0. The van der Waals surface area contributed by atoms with Crippen molar-refractivity contribution in [2.45, 2.75) is 37.6 Å². The molecule has 4 N–H and O–H groups in total. The van der Waals surface area contributed by atoms with Crippen LogP contribution in [0.15, 0.2) is 71.6 Å². The molecule has 0 amide bonds. The van der Waals surface area contributed by atoms with Crippen LogP contribution in [0.4, 0.5) is 0 Å². The number of aromatic hydroxyl groups is 1. The summed E-state index contributed by atoms with van der Waals surface area (Å²) in [6.07, 6.45) is 0.491. The van der Waals surface area contributed by atoms with E-state index in [2.05, 4.69) is 26.0 Å². The molecule has 174 valence electrons. The fourth-order valence-corrected chi connectivity index (χ4v) is 5.22. The summed E-state index contributed by atoms with van der Waals surface area (Å²) in [7, 11) is -4.10. The van der Waals surface area contributed by atoms with Gasteiger partial charge in [0.15, 0.2) is 0 Å². The molecule has 0 fully saturated rings. The third kappa shape index (κ3) is 6.13. The van der Waals surface area contributed by atoms with Crippen molar-refractivity contribution in [3.05, 3.63) is 94.0 Å². The summed E-state index contributed by atoms with van der Waals surface area (Å²) in [4.78, 5) is -0.285. The zero-order valence-corrected chi connectivity index (χ0v) is 20.2. The number of halogens is 1. The van der Waals surface area contributed by atoms with Crippen molar-refractivity contribution >= 4 is 27.5 Å². The van der Waals surface area contributed by atoms with Crippen LogP contribution >= 0.6 is 11.6 Å². The number of nitrogens with one attached hydrogen (secondary N) is 1. The Hall–Kier alpha value is -2.87. The molecule has 0 aliphatic rings. The largest absolute Gasteiger partial charge is 0.507 e. The summed E-state index contributed by atoms with van der Waals surface area (Å²) < 4.78 is 28.5. The normalized spacial score (nSPS) is 11.8. The Kier molecular flexibility index (Phi) is 7.79. The Labute approximate surface area is 200 Å². The molecule has 3 aromatic carbocycles. The van der Waals surface area contributed by atoms with Crippen LogP contribution in [0.5, 0.6) is 5.75 Å². The molecule has 8 heteroatoms. The monoisotopic (exact) mass is 485 g/mol. The van der Waals surface area contributed by atoms with Crippen LogP contribution in [0.25, 0.3) is 0 Å². The van der Waals surface area contributed by atoms with Crippen LogP contribution in [-0.4, -0.2) is 30.2 Å². The first kappa shape index (κ1) is 24.8. The first-order chi connectivity index (χ1) is 15.6. The minimum Gasteiger partial charge on any atom is -0.507 e. The molecule has 0 aliphatic carbocycles. The van der Waals surface area contributed by atoms with Crippen molar-refractivity contribution < 1.29 is 13.5 Å². The molecule has 6 nitrogen and oxygen atoms in total. The number of nitrogens with two attached hydrogens (primary N) is 1. The van der Waals surface area contributed by atoms with Gasteiger partial charge in [0.1, 0.15) is 16.5 Å². The molecule has 0 bridgehead atoms. The number of phenols is 1. The second-order valence-electron chi connectivity index (χ2n) is 8.21. The van der Waals surface area contributed by atoms with Crippen molar-refractivity contribution in [3.63, 3.8) is 0 Å². The molecular formula is C25H28ClN3O3S. The van der Waals surface area contributed by atoms with E-state index in [1.54, 1.807) is 24.3 Å². The second kappa shape index (κ2) is 10.4. The van der Waals surface area contributed by atoms with E-state index in [1.165, 1.54) is 28.1 Å². The van der Waals surface area contributed by atoms with Gasteiger partial charge in [-0.15, -0.1) is 0 Å². The van der Waals surface area contributed by atoms with E-state index < -0.39 is 15.8 Å². The van der Waals surface area contributed by atoms with Crippen LogP contribution in [0.2, 0.25) is 5.02 Å². The Morgan fingerprint density at radius 1 is 1.06 bits per heavy atom. The molecule has 0 saturated carbocycles. The van der Waals surface area contributed by atoms with Crippen LogP contribution in [0, 0.1) is 5.41 Å². The first-order valence-corrected chi connectivity index (χ1v) is 12.4. The number of benzene rings is 3. The zero-order chi connectivity index (χ0) is 24.2. The third-order valence-corrected chi connectivity index (χ3v) is 7.54. The lowest BCUT2D eigenvalue weighted by Gasteiger charge is -2.23. The molecule has 0 saturated heterocycles. The van der Waals surface area contributed by atoms with Gasteiger partial charge in [0.05, 0.1) is 0 Å². The fraction of sp³-hybridized carbons (Fsp3) is 0.240. The number of hydrogen-bond acceptors (Lipinski definition) is 4. The number of rotatable bonds is 9. The molecule has 3 aromatic rings. The molecule has 0 radical (unpaired) electrons. The van der Waals surface area contributed by atoms with Gasteiger partial charge in [-0.3, -0.25) is 5.41 Å². The molecule has 0 spiro atoms. The zero-order valence-electron chi connectivity index (χ0n) is 18.6. The molecule has 0 aliphatic heterocycles. The van der Waals surface area contributed by atoms with Crippen LogP contribution < -0.4 is 5.73 Å². The standard InChI is InChI=1S/C25H28ClN3O3S/c1-17(2)20-8-6-18(7-9-20)12-13-29(16-19-4-3-5-22(26)14-19)33(31,32)24-15-21(25(27)28)10-11-23(24)30/h3-11,14-15,17,30H,12-13,16H2,1-2H3,(H3,27,28). The fourth-order valence-electron chi connectivity index (χ4n) is 3.47. The van der Waals surface area contributed by atoms with Gasteiger partial charge in [-0.2, -0.15) is 4.31 Å². The van der Waals surface area contributed by atoms with E-state index in [0.29, 0.717) is 17.4 Å². The number of nitrogen functional groups attached to an aromatic ring is 1. The van der Waals surface area contributed by atoms with E-state index in [1.807, 2.05) is 12.1 Å². The van der Waals surface area contributed by atoms with Crippen molar-refractivity contribution in [3.8, 4) is 5.75 Å². The smallest absolute Gasteiger partial charge is 0.247 e. The van der Waals surface area contributed by atoms with E-state index in [4.69, 9.17) is 22.7 Å². The van der Waals surface area contributed by atoms with Crippen molar-refractivity contribution in [2.24, 2.45) is 5.73 Å². The highest BCUT2D eigenvalue weighted by molar-refractivity contribution is 7.89. The number of amidine groups is 1. The third-order valence-electron chi connectivity index (χ3n) is 5.43. The quantitative estimate of drug-likeness (QED) is 0.296. The van der Waals surface area contributed by atoms with E-state index in [-0.39, 0.29) is 29.4 Å². The number of nitrogens with zero attached hydrogens (tertiary/aromatic N) is 1. The number of sulfonamides is 1. The average molecular weight is 486 g/mol. The molecular weight excluding hydrogens is 458 g/mol. The highest BCUT2D eigenvalue weighted by Gasteiger charge is 2.28. The summed E-state index contributed by atoms with van der Waals surface area (Å²) in [5, 5.41) is 18.5. The lowest BCUT2D eigenvalue weighted by Crippen LogP contribution is -2.33. The molecule has 3 rings (SSSR count). The maximum atomic E-state index is 13.6. The van der Waals surface area contributed by atoms with Crippen LogP contribution in [0.3, 0.4) is 0 Å². The number of phenolic OH excluding ortho intramolecular Hbond substituents is 1. The Bertz CT molecular complexity index is 1240. The second-order valence-corrected chi connectivity index (χ2v) is 10.6. The minimum atomic E-state index is -4.10. The molecule has 33 heavy (non-hydrogen) atoms. The lowest BCUT2D eigenvalue weighted by atomic mass is 10.0. The van der Waals surface area contributed by atoms with Crippen molar-refractivity contribution in [1.82, 2.24) is 4.31 Å². The van der Waals surface area contributed by atoms with Gasteiger partial charge in [-0.1, -0.05) is 61.8 Å². The van der Waals surface area contributed by atoms with E-state index >= 15 is 0 Å². The van der Waals surface area contributed by atoms with E-state index in [9.17, 15) is 13.5 Å². The molecule has 0 atom stereocenters. The average Bonchev–Trinajstić information content (AvgIpc) is 2.76. The summed E-state index contributed by atoms with van der Waals surface area (Å²) in [5.74, 6) is -0.259. The van der Waals surface area contributed by atoms with Gasteiger partial charge < -0.3 is 10.8 Å². The highest BCUT2D eigenvalue weighted by atomic mass is 35.5. The highest BCUT2D eigenvalue weighted by Crippen LogP contribution is 2.29. The van der Waals surface area contributed by atoms with Gasteiger partial charge in [0, 0.05) is 23.7 Å². The molecule has 0 unspecified atom stereocenters. The van der Waals surface area contributed by atoms with Gasteiger partial charge in [0.25, 0.3) is 0 Å². The Morgan fingerprint density at radius 3 is 2.36 bits per heavy atom. The topological polar surface area (TPSA) is 107 Å². The van der Waals surface area contributed by atoms with Crippen LogP contribution in [0.1, 0.15) is 42.0 Å². The Morgan fingerprint density at radius 2 is 1.76 bits per heavy atom.